The van der Waals surface area contributed by atoms with Gasteiger partial charge in [0.2, 0.25) is 0 Å². The summed E-state index contributed by atoms with van der Waals surface area (Å²) in [7, 11) is -3.65. The van der Waals surface area contributed by atoms with Gasteiger partial charge < -0.3 is 4.90 Å². The summed E-state index contributed by atoms with van der Waals surface area (Å²) >= 11 is 0. The van der Waals surface area contributed by atoms with Crippen LogP contribution in [0.3, 0.4) is 0 Å². The molecule has 1 aliphatic heterocycles. The Bertz CT molecular complexity index is 882. The Hall–Kier alpha value is -2.34. The van der Waals surface area contributed by atoms with Crippen molar-refractivity contribution >= 4 is 21.6 Å². The predicted octanol–water partition coefficient (Wildman–Crippen LogP) is 3.92. The number of sulfonamides is 1. The van der Waals surface area contributed by atoms with Crippen LogP contribution >= 0.6 is 0 Å². The fraction of sp³-hybridized carbons (Fsp3) is 0.381. The molecular formula is C21H26N2O3S. The molecule has 1 heterocycles. The van der Waals surface area contributed by atoms with Crippen molar-refractivity contribution in [1.29, 1.82) is 0 Å². The minimum atomic E-state index is -3.65. The van der Waals surface area contributed by atoms with Gasteiger partial charge >= 0.3 is 0 Å². The lowest BCUT2D eigenvalue weighted by Gasteiger charge is -2.15. The first-order valence-electron chi connectivity index (χ1n) is 9.36. The molecule has 3 rings (SSSR count). The number of carbonyl (C=O) groups is 1. The molecule has 0 saturated carbocycles. The van der Waals surface area contributed by atoms with Crippen LogP contribution in [-0.4, -0.2) is 32.3 Å². The van der Waals surface area contributed by atoms with Crippen molar-refractivity contribution in [2.45, 2.75) is 38.0 Å². The highest BCUT2D eigenvalue weighted by atomic mass is 32.2. The molecule has 2 aromatic carbocycles. The fourth-order valence-electron chi connectivity index (χ4n) is 3.27. The van der Waals surface area contributed by atoms with Crippen molar-refractivity contribution in [1.82, 2.24) is 4.90 Å². The van der Waals surface area contributed by atoms with Gasteiger partial charge in [0, 0.05) is 24.3 Å². The summed E-state index contributed by atoms with van der Waals surface area (Å²) in [6, 6.07) is 13.6. The van der Waals surface area contributed by atoms with Gasteiger partial charge in [-0.15, -0.1) is 0 Å². The molecule has 0 spiro atoms. The molecule has 0 aromatic heterocycles. The van der Waals surface area contributed by atoms with Crippen molar-refractivity contribution in [2.75, 3.05) is 17.8 Å². The van der Waals surface area contributed by atoms with Gasteiger partial charge in [0.05, 0.1) is 4.90 Å². The summed E-state index contributed by atoms with van der Waals surface area (Å²) in [6.45, 7) is 5.84. The molecule has 1 fully saturated rings. The molecule has 2 aromatic rings. The quantitative estimate of drug-likeness (QED) is 0.818. The summed E-state index contributed by atoms with van der Waals surface area (Å²) in [5.74, 6) is 0.523. The third kappa shape index (κ3) is 4.89. The van der Waals surface area contributed by atoms with Crippen LogP contribution in [0, 0.1) is 5.92 Å². The van der Waals surface area contributed by atoms with E-state index in [2.05, 4.69) is 18.6 Å². The van der Waals surface area contributed by atoms with Gasteiger partial charge in [0.25, 0.3) is 15.9 Å². The van der Waals surface area contributed by atoms with E-state index in [1.165, 1.54) is 0 Å². The molecule has 0 unspecified atom stereocenters. The van der Waals surface area contributed by atoms with Gasteiger partial charge in [-0.3, -0.25) is 9.52 Å². The van der Waals surface area contributed by atoms with Crippen LogP contribution in [0.4, 0.5) is 5.69 Å². The summed E-state index contributed by atoms with van der Waals surface area (Å²) in [4.78, 5) is 14.4. The standard InChI is InChI=1S/C21H26N2O3S/c1-16(2)15-17-5-11-20(12-6-17)27(25,26)22-19-9-7-18(8-10-19)21(24)23-13-3-4-14-23/h5-12,16,22H,3-4,13-15H2,1-2H3. The lowest BCUT2D eigenvalue weighted by atomic mass is 10.0. The minimum Gasteiger partial charge on any atom is -0.339 e. The second kappa shape index (κ2) is 8.13. The molecule has 0 radical (unpaired) electrons. The van der Waals surface area contributed by atoms with Crippen molar-refractivity contribution in [3.63, 3.8) is 0 Å². The number of rotatable bonds is 6. The number of nitrogens with zero attached hydrogens (tertiary/aromatic N) is 1. The Labute approximate surface area is 161 Å². The van der Waals surface area contributed by atoms with Gasteiger partial charge in [-0.1, -0.05) is 26.0 Å². The second-order valence-corrected chi connectivity index (χ2v) is 9.11. The lowest BCUT2D eigenvalue weighted by molar-refractivity contribution is 0.0793. The molecule has 1 amide bonds. The molecule has 6 heteroatoms. The largest absolute Gasteiger partial charge is 0.339 e. The SMILES string of the molecule is CC(C)Cc1ccc(S(=O)(=O)Nc2ccc(C(=O)N3CCCC3)cc2)cc1. The van der Waals surface area contributed by atoms with E-state index in [-0.39, 0.29) is 10.8 Å². The summed E-state index contributed by atoms with van der Waals surface area (Å²) in [5, 5.41) is 0. The molecule has 27 heavy (non-hydrogen) atoms. The molecule has 0 bridgehead atoms. The Balaban J connectivity index is 1.69. The average molecular weight is 387 g/mol. The number of hydrogen-bond donors (Lipinski definition) is 1. The lowest BCUT2D eigenvalue weighted by Crippen LogP contribution is -2.27. The Morgan fingerprint density at radius 2 is 1.59 bits per heavy atom. The number of anilines is 1. The average Bonchev–Trinajstić information content (AvgIpc) is 3.16. The van der Waals surface area contributed by atoms with Crippen LogP contribution in [-0.2, 0) is 16.4 Å². The smallest absolute Gasteiger partial charge is 0.261 e. The number of likely N-dealkylation sites (tertiary alicyclic amines) is 1. The van der Waals surface area contributed by atoms with Crippen molar-refractivity contribution in [3.05, 3.63) is 59.7 Å². The van der Waals surface area contributed by atoms with Crippen LogP contribution in [0.15, 0.2) is 53.4 Å². The van der Waals surface area contributed by atoms with Crippen molar-refractivity contribution in [3.8, 4) is 0 Å². The molecule has 144 valence electrons. The van der Waals surface area contributed by atoms with Crippen LogP contribution in [0.5, 0.6) is 0 Å². The summed E-state index contributed by atoms with van der Waals surface area (Å²) in [6.07, 6.45) is 3.00. The maximum atomic E-state index is 12.6. The van der Waals surface area contributed by atoms with Gasteiger partial charge in [-0.05, 0) is 67.1 Å². The highest BCUT2D eigenvalue weighted by molar-refractivity contribution is 7.92. The van der Waals surface area contributed by atoms with Crippen LogP contribution in [0.1, 0.15) is 42.6 Å². The molecule has 1 N–H and O–H groups in total. The number of benzene rings is 2. The van der Waals surface area contributed by atoms with E-state index in [9.17, 15) is 13.2 Å². The molecule has 0 atom stereocenters. The van der Waals surface area contributed by atoms with Crippen LogP contribution in [0.2, 0.25) is 0 Å². The number of nitrogens with one attached hydrogen (secondary N) is 1. The Morgan fingerprint density at radius 3 is 2.15 bits per heavy atom. The normalized spacial score (nSPS) is 14.6. The minimum absolute atomic E-state index is 0.00245. The zero-order valence-corrected chi connectivity index (χ0v) is 16.6. The zero-order chi connectivity index (χ0) is 19.4. The highest BCUT2D eigenvalue weighted by Gasteiger charge is 2.20. The van der Waals surface area contributed by atoms with E-state index < -0.39 is 10.0 Å². The molecule has 1 aliphatic rings. The second-order valence-electron chi connectivity index (χ2n) is 7.42. The molecule has 1 saturated heterocycles. The number of hydrogen-bond acceptors (Lipinski definition) is 3. The third-order valence-corrected chi connectivity index (χ3v) is 6.05. The summed E-state index contributed by atoms with van der Waals surface area (Å²) in [5.41, 5.74) is 2.14. The zero-order valence-electron chi connectivity index (χ0n) is 15.8. The van der Waals surface area contributed by atoms with Gasteiger partial charge in [0.15, 0.2) is 0 Å². The molecular weight excluding hydrogens is 360 g/mol. The van der Waals surface area contributed by atoms with Crippen molar-refractivity contribution < 1.29 is 13.2 Å². The number of carbonyl (C=O) groups excluding carboxylic acids is 1. The molecule has 5 nitrogen and oxygen atoms in total. The van der Waals surface area contributed by atoms with E-state index in [1.807, 2.05) is 17.0 Å². The Morgan fingerprint density at radius 1 is 1.00 bits per heavy atom. The van der Waals surface area contributed by atoms with E-state index in [4.69, 9.17) is 0 Å². The van der Waals surface area contributed by atoms with Gasteiger partial charge in [-0.2, -0.15) is 0 Å². The third-order valence-electron chi connectivity index (χ3n) is 4.65. The highest BCUT2D eigenvalue weighted by Crippen LogP contribution is 2.20. The first kappa shape index (κ1) is 19.4. The first-order valence-corrected chi connectivity index (χ1v) is 10.8. The Kier molecular flexibility index (Phi) is 5.85. The maximum Gasteiger partial charge on any atom is 0.261 e. The number of amides is 1. The monoisotopic (exact) mass is 386 g/mol. The van der Waals surface area contributed by atoms with Gasteiger partial charge in [-0.25, -0.2) is 8.42 Å². The van der Waals surface area contributed by atoms with Crippen LogP contribution < -0.4 is 4.72 Å². The maximum absolute atomic E-state index is 12.6. The van der Waals surface area contributed by atoms with Crippen LogP contribution in [0.25, 0.3) is 0 Å². The van der Waals surface area contributed by atoms with E-state index in [1.54, 1.807) is 36.4 Å². The predicted molar refractivity (Wildman–Crippen MR) is 107 cm³/mol. The summed E-state index contributed by atoms with van der Waals surface area (Å²) < 4.78 is 27.7. The van der Waals surface area contributed by atoms with Gasteiger partial charge in [0.1, 0.15) is 0 Å². The molecule has 0 aliphatic carbocycles. The van der Waals surface area contributed by atoms with E-state index >= 15 is 0 Å². The fourth-order valence-corrected chi connectivity index (χ4v) is 4.33. The van der Waals surface area contributed by atoms with E-state index in [0.29, 0.717) is 17.2 Å². The first-order chi connectivity index (χ1) is 12.8. The van der Waals surface area contributed by atoms with E-state index in [0.717, 1.165) is 37.9 Å². The topological polar surface area (TPSA) is 66.5 Å². The van der Waals surface area contributed by atoms with Crippen molar-refractivity contribution in [2.24, 2.45) is 5.92 Å².